The maximum atomic E-state index is 3.66. The van der Waals surface area contributed by atoms with Crippen LogP contribution in [0.4, 0.5) is 17.1 Å². The predicted molar refractivity (Wildman–Crippen MR) is 167 cm³/mol. The van der Waals surface area contributed by atoms with Crippen molar-refractivity contribution in [3.8, 4) is 11.1 Å². The highest BCUT2D eigenvalue weighted by Gasteiger charge is 2.14. The van der Waals surface area contributed by atoms with Crippen molar-refractivity contribution >= 4 is 65.3 Å². The molecule has 2 heteroatoms. The number of rotatable bonds is 4. The quantitative estimate of drug-likeness (QED) is 0.197. The highest BCUT2D eigenvalue weighted by Crippen LogP contribution is 2.40. The molecule has 0 aliphatic heterocycles. The van der Waals surface area contributed by atoms with Crippen LogP contribution in [-0.4, -0.2) is 0 Å². The van der Waals surface area contributed by atoms with Crippen LogP contribution in [0.25, 0.3) is 43.4 Å². The first-order valence-electron chi connectivity index (χ1n) is 12.8. The van der Waals surface area contributed by atoms with Gasteiger partial charge in [-0.3, -0.25) is 0 Å². The molecule has 0 radical (unpaired) electrons. The van der Waals surface area contributed by atoms with Crippen molar-refractivity contribution in [1.82, 2.24) is 0 Å². The van der Waals surface area contributed by atoms with Gasteiger partial charge < -0.3 is 4.90 Å². The molecule has 0 unspecified atom stereocenters. The van der Waals surface area contributed by atoms with Gasteiger partial charge in [0.15, 0.2) is 0 Å². The van der Waals surface area contributed by atoms with Crippen molar-refractivity contribution in [3.63, 3.8) is 0 Å². The van der Waals surface area contributed by atoms with Crippen LogP contribution in [0, 0.1) is 0 Å². The monoisotopic (exact) mass is 549 g/mol. The number of halogens is 1. The lowest BCUT2D eigenvalue weighted by Crippen LogP contribution is -2.09. The van der Waals surface area contributed by atoms with Crippen LogP contribution in [0.3, 0.4) is 0 Å². The van der Waals surface area contributed by atoms with Crippen LogP contribution >= 0.6 is 15.9 Å². The smallest absolute Gasteiger partial charge is 0.0472 e. The second-order valence-corrected chi connectivity index (χ2v) is 10.5. The van der Waals surface area contributed by atoms with E-state index in [1.54, 1.807) is 0 Å². The number of nitrogens with zero attached hydrogens (tertiary/aromatic N) is 1. The standard InChI is InChI=1S/C36H24BrN/c37-27-11-9-15-30(24-27)38(28-12-2-1-3-13-28)29-14-8-10-25(22-29)26-20-21-35-33-18-5-4-16-31(33)32-17-6-7-19-34(32)36(35)23-26/h1-24H. The molecule has 0 saturated heterocycles. The molecule has 7 rings (SSSR count). The minimum atomic E-state index is 1.06. The fourth-order valence-corrected chi connectivity index (χ4v) is 5.94. The Morgan fingerprint density at radius 3 is 1.50 bits per heavy atom. The number of anilines is 3. The van der Waals surface area contributed by atoms with Gasteiger partial charge in [0.05, 0.1) is 0 Å². The van der Waals surface area contributed by atoms with E-state index < -0.39 is 0 Å². The zero-order valence-electron chi connectivity index (χ0n) is 20.7. The van der Waals surface area contributed by atoms with Gasteiger partial charge in [0.2, 0.25) is 0 Å². The minimum Gasteiger partial charge on any atom is -0.310 e. The number of benzene rings is 7. The summed E-state index contributed by atoms with van der Waals surface area (Å²) in [5.74, 6) is 0. The topological polar surface area (TPSA) is 3.24 Å². The summed E-state index contributed by atoms with van der Waals surface area (Å²) in [4.78, 5) is 2.30. The zero-order chi connectivity index (χ0) is 25.5. The third kappa shape index (κ3) is 3.95. The molecule has 7 aromatic rings. The van der Waals surface area contributed by atoms with Gasteiger partial charge in [-0.2, -0.15) is 0 Å². The summed E-state index contributed by atoms with van der Waals surface area (Å²) in [6, 6.07) is 52.2. The van der Waals surface area contributed by atoms with E-state index in [-0.39, 0.29) is 0 Å². The van der Waals surface area contributed by atoms with E-state index in [4.69, 9.17) is 0 Å². The summed E-state index contributed by atoms with van der Waals surface area (Å²) in [6.07, 6.45) is 0. The van der Waals surface area contributed by atoms with Gasteiger partial charge in [0, 0.05) is 21.5 Å². The first-order valence-corrected chi connectivity index (χ1v) is 13.6. The summed E-state index contributed by atoms with van der Waals surface area (Å²) < 4.78 is 1.06. The van der Waals surface area contributed by atoms with Crippen molar-refractivity contribution in [2.75, 3.05) is 4.90 Å². The second kappa shape index (κ2) is 9.48. The maximum Gasteiger partial charge on any atom is 0.0472 e. The van der Waals surface area contributed by atoms with Gasteiger partial charge in [-0.1, -0.05) is 113 Å². The third-order valence-corrected chi connectivity index (χ3v) is 7.76. The van der Waals surface area contributed by atoms with Crippen molar-refractivity contribution in [2.24, 2.45) is 0 Å². The fraction of sp³-hybridized carbons (Fsp3) is 0. The molecule has 0 fully saturated rings. The van der Waals surface area contributed by atoms with Crippen LogP contribution in [0.2, 0.25) is 0 Å². The summed E-state index contributed by atoms with van der Waals surface area (Å²) in [5, 5.41) is 7.77. The number of hydrogen-bond acceptors (Lipinski definition) is 1. The van der Waals surface area contributed by atoms with E-state index in [2.05, 4.69) is 166 Å². The number of fused-ring (bicyclic) bond motifs is 6. The van der Waals surface area contributed by atoms with E-state index >= 15 is 0 Å². The molecule has 7 aromatic carbocycles. The molecular weight excluding hydrogens is 526 g/mol. The van der Waals surface area contributed by atoms with E-state index in [1.165, 1.54) is 43.4 Å². The Hall–Kier alpha value is -4.40. The lowest BCUT2D eigenvalue weighted by Gasteiger charge is -2.26. The molecule has 0 aromatic heterocycles. The molecule has 0 spiro atoms. The average Bonchev–Trinajstić information content (AvgIpc) is 2.98. The van der Waals surface area contributed by atoms with Crippen molar-refractivity contribution in [3.05, 3.63) is 150 Å². The van der Waals surface area contributed by atoms with E-state index in [0.717, 1.165) is 21.5 Å². The maximum absolute atomic E-state index is 3.66. The molecule has 0 bridgehead atoms. The molecule has 38 heavy (non-hydrogen) atoms. The summed E-state index contributed by atoms with van der Waals surface area (Å²) in [7, 11) is 0. The molecule has 0 amide bonds. The van der Waals surface area contributed by atoms with Gasteiger partial charge >= 0.3 is 0 Å². The summed E-state index contributed by atoms with van der Waals surface area (Å²) >= 11 is 3.66. The molecule has 0 N–H and O–H groups in total. The Bertz CT molecular complexity index is 1910. The molecule has 0 aliphatic rings. The molecule has 0 saturated carbocycles. The molecule has 1 nitrogen and oxygen atoms in total. The van der Waals surface area contributed by atoms with Gasteiger partial charge in [0.25, 0.3) is 0 Å². The largest absolute Gasteiger partial charge is 0.310 e. The molecule has 0 atom stereocenters. The predicted octanol–water partition coefficient (Wildman–Crippen LogP) is 11.0. The second-order valence-electron chi connectivity index (χ2n) is 9.55. The van der Waals surface area contributed by atoms with E-state index in [1.807, 2.05) is 0 Å². The van der Waals surface area contributed by atoms with Crippen LogP contribution in [0.5, 0.6) is 0 Å². The average molecular weight is 550 g/mol. The lowest BCUT2D eigenvalue weighted by atomic mass is 9.92. The molecule has 180 valence electrons. The Morgan fingerprint density at radius 2 is 0.842 bits per heavy atom. The van der Waals surface area contributed by atoms with Crippen LogP contribution in [0.15, 0.2) is 150 Å². The van der Waals surface area contributed by atoms with E-state index in [0.29, 0.717) is 0 Å². The molecular formula is C36H24BrN. The number of hydrogen-bond donors (Lipinski definition) is 0. The molecule has 0 heterocycles. The van der Waals surface area contributed by atoms with Gasteiger partial charge in [-0.25, -0.2) is 0 Å². The first kappa shape index (κ1) is 22.8. The minimum absolute atomic E-state index is 1.06. The Morgan fingerprint density at radius 1 is 0.342 bits per heavy atom. The Balaban J connectivity index is 1.42. The van der Waals surface area contributed by atoms with Crippen molar-refractivity contribution < 1.29 is 0 Å². The van der Waals surface area contributed by atoms with Crippen LogP contribution < -0.4 is 4.90 Å². The van der Waals surface area contributed by atoms with Crippen molar-refractivity contribution in [2.45, 2.75) is 0 Å². The summed E-state index contributed by atoms with van der Waals surface area (Å²) in [6.45, 7) is 0. The fourth-order valence-electron chi connectivity index (χ4n) is 5.55. The van der Waals surface area contributed by atoms with Gasteiger partial charge in [0.1, 0.15) is 0 Å². The zero-order valence-corrected chi connectivity index (χ0v) is 22.3. The van der Waals surface area contributed by atoms with E-state index in [9.17, 15) is 0 Å². The van der Waals surface area contributed by atoms with Gasteiger partial charge in [-0.05, 0) is 92.0 Å². The van der Waals surface area contributed by atoms with Crippen LogP contribution in [0.1, 0.15) is 0 Å². The van der Waals surface area contributed by atoms with Crippen LogP contribution in [-0.2, 0) is 0 Å². The first-order chi connectivity index (χ1) is 18.8. The Kier molecular flexibility index (Phi) is 5.68. The SMILES string of the molecule is Brc1cccc(N(c2ccccc2)c2cccc(-c3ccc4c5ccccc5c5ccccc5c4c3)c2)c1. The summed E-state index contributed by atoms with van der Waals surface area (Å²) in [5.41, 5.74) is 5.76. The number of para-hydroxylation sites is 1. The highest BCUT2D eigenvalue weighted by molar-refractivity contribution is 9.10. The Labute approximate surface area is 230 Å². The van der Waals surface area contributed by atoms with Gasteiger partial charge in [-0.15, -0.1) is 0 Å². The lowest BCUT2D eigenvalue weighted by molar-refractivity contribution is 1.28. The third-order valence-electron chi connectivity index (χ3n) is 7.26. The van der Waals surface area contributed by atoms with Crippen molar-refractivity contribution in [1.29, 1.82) is 0 Å². The highest BCUT2D eigenvalue weighted by atomic mass is 79.9. The molecule has 0 aliphatic carbocycles. The normalized spacial score (nSPS) is 11.3.